The van der Waals surface area contributed by atoms with Crippen LogP contribution in [0.25, 0.3) is 17.4 Å². The van der Waals surface area contributed by atoms with Gasteiger partial charge in [-0.1, -0.05) is 37.3 Å². The maximum atomic E-state index is 12.7. The fourth-order valence-electron chi connectivity index (χ4n) is 2.85. The Balaban J connectivity index is 1.82. The number of carboxylic acid groups (broad SMARTS) is 1. The number of aliphatic carboxylic acids is 1. The summed E-state index contributed by atoms with van der Waals surface area (Å²) in [5.74, 6) is 0.434. The molecule has 0 radical (unpaired) electrons. The molecular formula is C20H19NO5S2. The van der Waals surface area contributed by atoms with Gasteiger partial charge in [0.25, 0.3) is 5.91 Å². The highest BCUT2D eigenvalue weighted by Gasteiger charge is 2.40. The van der Waals surface area contributed by atoms with Crippen LogP contribution in [0.15, 0.2) is 45.7 Å². The predicted octanol–water partition coefficient (Wildman–Crippen LogP) is 4.41. The summed E-state index contributed by atoms with van der Waals surface area (Å²) >= 11 is 6.33. The van der Waals surface area contributed by atoms with E-state index in [0.29, 0.717) is 29.3 Å². The average Bonchev–Trinajstić information content (AvgIpc) is 3.25. The van der Waals surface area contributed by atoms with Crippen molar-refractivity contribution in [1.29, 1.82) is 0 Å². The summed E-state index contributed by atoms with van der Waals surface area (Å²) < 4.78 is 11.2. The van der Waals surface area contributed by atoms with E-state index in [1.165, 1.54) is 4.90 Å². The van der Waals surface area contributed by atoms with E-state index in [4.69, 9.17) is 21.4 Å². The number of thioether (sulfide) groups is 1. The van der Waals surface area contributed by atoms with E-state index in [2.05, 4.69) is 0 Å². The van der Waals surface area contributed by atoms with Crippen molar-refractivity contribution < 1.29 is 23.8 Å². The van der Waals surface area contributed by atoms with Crippen molar-refractivity contribution in [3.8, 4) is 17.1 Å². The summed E-state index contributed by atoms with van der Waals surface area (Å²) in [5, 5.41) is 9.43. The minimum absolute atomic E-state index is 0.249. The fraction of sp³-hybridized carbons (Fsp3) is 0.250. The highest BCUT2D eigenvalue weighted by molar-refractivity contribution is 8.26. The van der Waals surface area contributed by atoms with Gasteiger partial charge in [-0.25, -0.2) is 4.79 Å². The van der Waals surface area contributed by atoms with Crippen LogP contribution in [-0.2, 0) is 9.59 Å². The zero-order valence-electron chi connectivity index (χ0n) is 15.4. The number of carbonyl (C=O) groups is 2. The standard InChI is InChI=1S/C20H19NO5S2/c1-3-4-15(19(23)24)21-18(22)17(28-20(21)27)11-14-9-10-16(26-14)12-5-7-13(25-2)8-6-12/h5-11,15H,3-4H2,1-2H3,(H,23,24)/b17-11+. The van der Waals surface area contributed by atoms with Gasteiger partial charge < -0.3 is 14.3 Å². The molecule has 146 valence electrons. The maximum absolute atomic E-state index is 12.7. The van der Waals surface area contributed by atoms with E-state index in [1.54, 1.807) is 19.3 Å². The summed E-state index contributed by atoms with van der Waals surface area (Å²) in [4.78, 5) is 25.8. The van der Waals surface area contributed by atoms with Crippen molar-refractivity contribution in [2.24, 2.45) is 0 Å². The molecule has 8 heteroatoms. The third-order valence-corrected chi connectivity index (χ3v) is 5.59. The quantitative estimate of drug-likeness (QED) is 0.528. The van der Waals surface area contributed by atoms with Gasteiger partial charge in [0.2, 0.25) is 0 Å². The van der Waals surface area contributed by atoms with Gasteiger partial charge in [-0.05, 0) is 42.8 Å². The summed E-state index contributed by atoms with van der Waals surface area (Å²) in [6.07, 6.45) is 2.57. The predicted molar refractivity (Wildman–Crippen MR) is 112 cm³/mol. The molecule has 1 N–H and O–H groups in total. The van der Waals surface area contributed by atoms with Crippen molar-refractivity contribution in [2.45, 2.75) is 25.8 Å². The molecule has 1 unspecified atom stereocenters. The summed E-state index contributed by atoms with van der Waals surface area (Å²) in [6, 6.07) is 10.0. The van der Waals surface area contributed by atoms with Gasteiger partial charge in [0.1, 0.15) is 27.6 Å². The summed E-state index contributed by atoms with van der Waals surface area (Å²) in [5.41, 5.74) is 0.877. The van der Waals surface area contributed by atoms with Gasteiger partial charge in [0.15, 0.2) is 0 Å². The number of rotatable bonds is 7. The third kappa shape index (κ3) is 4.13. The van der Waals surface area contributed by atoms with Crippen LogP contribution in [-0.4, -0.2) is 39.4 Å². The minimum Gasteiger partial charge on any atom is -0.497 e. The van der Waals surface area contributed by atoms with Gasteiger partial charge in [-0.3, -0.25) is 9.69 Å². The van der Waals surface area contributed by atoms with Crippen molar-refractivity contribution in [1.82, 2.24) is 4.90 Å². The molecule has 1 aromatic heterocycles. The van der Waals surface area contributed by atoms with Gasteiger partial charge >= 0.3 is 5.97 Å². The molecule has 2 aromatic rings. The molecular weight excluding hydrogens is 398 g/mol. The average molecular weight is 418 g/mol. The Morgan fingerprint density at radius 3 is 2.64 bits per heavy atom. The van der Waals surface area contributed by atoms with E-state index in [-0.39, 0.29) is 4.32 Å². The molecule has 28 heavy (non-hydrogen) atoms. The first-order valence-corrected chi connectivity index (χ1v) is 9.91. The molecule has 1 aromatic carbocycles. The largest absolute Gasteiger partial charge is 0.497 e. The lowest BCUT2D eigenvalue weighted by Crippen LogP contribution is -2.43. The normalized spacial score (nSPS) is 16.6. The highest BCUT2D eigenvalue weighted by Crippen LogP contribution is 2.35. The SMILES string of the molecule is CCCC(C(=O)O)N1C(=O)/C(=C\c2ccc(-c3ccc(OC)cc3)o2)SC1=S. The number of thiocarbonyl (C=S) groups is 1. The molecule has 0 saturated carbocycles. The Labute approximate surface area is 172 Å². The second kappa shape index (κ2) is 8.62. The molecule has 0 spiro atoms. The number of carboxylic acids is 1. The molecule has 2 heterocycles. The van der Waals surface area contributed by atoms with Crippen LogP contribution in [0.3, 0.4) is 0 Å². The molecule has 3 rings (SSSR count). The number of benzene rings is 1. The van der Waals surface area contributed by atoms with Crippen LogP contribution < -0.4 is 4.74 Å². The first kappa shape index (κ1) is 20.2. The molecule has 0 aliphatic carbocycles. The first-order chi connectivity index (χ1) is 13.4. The molecule has 1 atom stereocenters. The number of ether oxygens (including phenoxy) is 1. The van der Waals surface area contributed by atoms with Gasteiger partial charge in [-0.2, -0.15) is 0 Å². The Kier molecular flexibility index (Phi) is 6.21. The topological polar surface area (TPSA) is 80.0 Å². The summed E-state index contributed by atoms with van der Waals surface area (Å²) in [7, 11) is 1.60. The van der Waals surface area contributed by atoms with Crippen LogP contribution in [0.5, 0.6) is 5.75 Å². The zero-order valence-corrected chi connectivity index (χ0v) is 17.0. The fourth-order valence-corrected chi connectivity index (χ4v) is 4.19. The van der Waals surface area contributed by atoms with Crippen LogP contribution >= 0.6 is 24.0 Å². The van der Waals surface area contributed by atoms with E-state index in [0.717, 1.165) is 23.1 Å². The van der Waals surface area contributed by atoms with E-state index >= 15 is 0 Å². The van der Waals surface area contributed by atoms with Crippen LogP contribution in [0.1, 0.15) is 25.5 Å². The highest BCUT2D eigenvalue weighted by atomic mass is 32.2. The van der Waals surface area contributed by atoms with Crippen LogP contribution in [0.2, 0.25) is 0 Å². The second-order valence-corrected chi connectivity index (χ2v) is 7.80. The summed E-state index contributed by atoms with van der Waals surface area (Å²) in [6.45, 7) is 1.87. The van der Waals surface area contributed by atoms with Crippen molar-refractivity contribution in [2.75, 3.05) is 7.11 Å². The van der Waals surface area contributed by atoms with Crippen molar-refractivity contribution >= 4 is 46.3 Å². The molecule has 1 amide bonds. The zero-order chi connectivity index (χ0) is 20.3. The number of amides is 1. The molecule has 0 bridgehead atoms. The Hall–Kier alpha value is -2.58. The number of furan rings is 1. The Morgan fingerprint density at radius 2 is 2.04 bits per heavy atom. The maximum Gasteiger partial charge on any atom is 0.326 e. The first-order valence-electron chi connectivity index (χ1n) is 8.68. The number of carbonyl (C=O) groups excluding carboxylic acids is 1. The molecule has 1 aliphatic rings. The Bertz CT molecular complexity index is 932. The molecule has 1 aliphatic heterocycles. The van der Waals surface area contributed by atoms with Crippen LogP contribution in [0.4, 0.5) is 0 Å². The van der Waals surface area contributed by atoms with E-state index in [1.807, 2.05) is 37.3 Å². The number of hydrogen-bond acceptors (Lipinski definition) is 6. The van der Waals surface area contributed by atoms with Crippen LogP contribution in [0, 0.1) is 0 Å². The smallest absolute Gasteiger partial charge is 0.326 e. The van der Waals surface area contributed by atoms with Gasteiger partial charge in [0.05, 0.1) is 12.0 Å². The monoisotopic (exact) mass is 417 g/mol. The molecule has 1 fully saturated rings. The lowest BCUT2D eigenvalue weighted by atomic mass is 10.1. The molecule has 6 nitrogen and oxygen atoms in total. The number of hydrogen-bond donors (Lipinski definition) is 1. The lowest BCUT2D eigenvalue weighted by Gasteiger charge is -2.22. The second-order valence-electron chi connectivity index (χ2n) is 6.12. The van der Waals surface area contributed by atoms with Crippen molar-refractivity contribution in [3.05, 3.63) is 47.1 Å². The number of nitrogens with zero attached hydrogens (tertiary/aromatic N) is 1. The Morgan fingerprint density at radius 1 is 1.32 bits per heavy atom. The molecule has 1 saturated heterocycles. The van der Waals surface area contributed by atoms with Crippen molar-refractivity contribution in [3.63, 3.8) is 0 Å². The van der Waals surface area contributed by atoms with Gasteiger partial charge in [-0.15, -0.1) is 0 Å². The van der Waals surface area contributed by atoms with Gasteiger partial charge in [0, 0.05) is 11.6 Å². The number of methoxy groups -OCH3 is 1. The van der Waals surface area contributed by atoms with E-state index < -0.39 is 17.9 Å². The third-order valence-electron chi connectivity index (χ3n) is 4.26. The minimum atomic E-state index is -1.06. The lowest BCUT2D eigenvalue weighted by molar-refractivity contribution is -0.145. The van der Waals surface area contributed by atoms with E-state index in [9.17, 15) is 14.7 Å².